The normalized spacial score (nSPS) is 12.4. The molecule has 0 aliphatic rings. The number of rotatable bonds is 6. The molecular weight excluding hydrogens is 393 g/mol. The summed E-state index contributed by atoms with van der Waals surface area (Å²) in [4.78, 5) is 1.07. The highest BCUT2D eigenvalue weighted by Crippen LogP contribution is 2.41. The van der Waals surface area contributed by atoms with E-state index in [0.29, 0.717) is 5.02 Å². The van der Waals surface area contributed by atoms with Crippen LogP contribution in [0.25, 0.3) is 0 Å². The van der Waals surface area contributed by atoms with Gasteiger partial charge in [-0.1, -0.05) is 30.1 Å². The molecule has 2 rings (SSSR count). The molecule has 1 aromatic carbocycles. The zero-order chi connectivity index (χ0) is 15.4. The SMILES string of the molecule is CCCNC(c1cc(Cl)cc(Br)c1OC)c1sccc1Cl. The highest BCUT2D eigenvalue weighted by Gasteiger charge is 2.23. The van der Waals surface area contributed by atoms with E-state index in [4.69, 9.17) is 27.9 Å². The average Bonchev–Trinajstić information content (AvgIpc) is 2.85. The molecule has 1 unspecified atom stereocenters. The summed E-state index contributed by atoms with van der Waals surface area (Å²) in [6, 6.07) is 5.63. The van der Waals surface area contributed by atoms with Crippen molar-refractivity contribution in [2.45, 2.75) is 19.4 Å². The van der Waals surface area contributed by atoms with E-state index in [1.807, 2.05) is 23.6 Å². The molecule has 2 aromatic rings. The highest BCUT2D eigenvalue weighted by molar-refractivity contribution is 9.10. The van der Waals surface area contributed by atoms with Crippen molar-refractivity contribution in [2.24, 2.45) is 0 Å². The topological polar surface area (TPSA) is 21.3 Å². The van der Waals surface area contributed by atoms with Crippen molar-refractivity contribution in [1.82, 2.24) is 5.32 Å². The summed E-state index contributed by atoms with van der Waals surface area (Å²) in [6.07, 6.45) is 1.03. The molecule has 1 heterocycles. The number of benzene rings is 1. The van der Waals surface area contributed by atoms with Crippen LogP contribution in [0.3, 0.4) is 0 Å². The molecule has 0 aliphatic carbocycles. The van der Waals surface area contributed by atoms with E-state index in [-0.39, 0.29) is 6.04 Å². The monoisotopic (exact) mass is 407 g/mol. The van der Waals surface area contributed by atoms with Crippen molar-refractivity contribution in [3.8, 4) is 5.75 Å². The molecule has 0 fully saturated rings. The van der Waals surface area contributed by atoms with Crippen LogP contribution in [-0.4, -0.2) is 13.7 Å². The van der Waals surface area contributed by atoms with Gasteiger partial charge in [0.1, 0.15) is 5.75 Å². The van der Waals surface area contributed by atoms with Crippen molar-refractivity contribution in [3.05, 3.63) is 48.5 Å². The molecule has 0 saturated heterocycles. The van der Waals surface area contributed by atoms with Gasteiger partial charge in [-0.25, -0.2) is 0 Å². The van der Waals surface area contributed by atoms with E-state index >= 15 is 0 Å². The summed E-state index contributed by atoms with van der Waals surface area (Å²) in [5.74, 6) is 0.775. The molecule has 0 aliphatic heterocycles. The number of thiophene rings is 1. The second-order valence-corrected chi connectivity index (χ2v) is 7.18. The van der Waals surface area contributed by atoms with Gasteiger partial charge in [0.2, 0.25) is 0 Å². The third kappa shape index (κ3) is 3.93. The van der Waals surface area contributed by atoms with Crippen molar-refractivity contribution >= 4 is 50.5 Å². The quantitative estimate of drug-likeness (QED) is 0.640. The Morgan fingerprint density at radius 2 is 2.14 bits per heavy atom. The molecule has 0 spiro atoms. The van der Waals surface area contributed by atoms with Gasteiger partial charge in [-0.3, -0.25) is 0 Å². The van der Waals surface area contributed by atoms with Gasteiger partial charge < -0.3 is 10.1 Å². The average molecular weight is 409 g/mol. The van der Waals surface area contributed by atoms with Crippen LogP contribution in [0.4, 0.5) is 0 Å². The molecule has 1 atom stereocenters. The van der Waals surface area contributed by atoms with Crippen LogP contribution in [-0.2, 0) is 0 Å². The number of ether oxygens (including phenoxy) is 1. The molecule has 114 valence electrons. The Labute approximate surface area is 147 Å². The Bertz CT molecular complexity index is 618. The molecule has 0 bridgehead atoms. The van der Waals surface area contributed by atoms with E-state index < -0.39 is 0 Å². The van der Waals surface area contributed by atoms with Gasteiger partial charge in [0, 0.05) is 15.5 Å². The van der Waals surface area contributed by atoms with Gasteiger partial charge in [-0.2, -0.15) is 0 Å². The fourth-order valence-electron chi connectivity index (χ4n) is 2.15. The van der Waals surface area contributed by atoms with Gasteiger partial charge in [0.05, 0.1) is 22.6 Å². The maximum Gasteiger partial charge on any atom is 0.138 e. The van der Waals surface area contributed by atoms with Crippen LogP contribution in [0.15, 0.2) is 28.1 Å². The molecule has 21 heavy (non-hydrogen) atoms. The Morgan fingerprint density at radius 1 is 1.38 bits per heavy atom. The zero-order valence-corrected chi connectivity index (χ0v) is 15.7. The number of hydrogen-bond donors (Lipinski definition) is 1. The lowest BCUT2D eigenvalue weighted by Gasteiger charge is -2.22. The predicted molar refractivity (Wildman–Crippen MR) is 95.2 cm³/mol. The molecule has 0 saturated carbocycles. The van der Waals surface area contributed by atoms with Crippen LogP contribution < -0.4 is 10.1 Å². The van der Waals surface area contributed by atoms with E-state index in [2.05, 4.69) is 28.2 Å². The second-order valence-electron chi connectivity index (χ2n) is 4.53. The van der Waals surface area contributed by atoms with Crippen LogP contribution in [0, 0.1) is 0 Å². The summed E-state index contributed by atoms with van der Waals surface area (Å²) in [5.41, 5.74) is 0.981. The maximum absolute atomic E-state index is 6.32. The first-order valence-corrected chi connectivity index (χ1v) is 9.00. The number of methoxy groups -OCH3 is 1. The summed E-state index contributed by atoms with van der Waals surface area (Å²) in [6.45, 7) is 3.01. The van der Waals surface area contributed by atoms with Gasteiger partial charge in [0.25, 0.3) is 0 Å². The molecule has 0 radical (unpaired) electrons. The molecule has 0 amide bonds. The smallest absolute Gasteiger partial charge is 0.138 e. The van der Waals surface area contributed by atoms with E-state index in [1.165, 1.54) is 0 Å². The Morgan fingerprint density at radius 3 is 2.71 bits per heavy atom. The third-order valence-corrected chi connectivity index (χ3v) is 5.29. The molecule has 6 heteroatoms. The lowest BCUT2D eigenvalue weighted by molar-refractivity contribution is 0.401. The van der Waals surface area contributed by atoms with Crippen molar-refractivity contribution in [2.75, 3.05) is 13.7 Å². The van der Waals surface area contributed by atoms with E-state index in [9.17, 15) is 0 Å². The van der Waals surface area contributed by atoms with Gasteiger partial charge in [0.15, 0.2) is 0 Å². The lowest BCUT2D eigenvalue weighted by atomic mass is 10.0. The summed E-state index contributed by atoms with van der Waals surface area (Å²) < 4.78 is 6.38. The minimum Gasteiger partial charge on any atom is -0.495 e. The van der Waals surface area contributed by atoms with Crippen molar-refractivity contribution in [1.29, 1.82) is 0 Å². The van der Waals surface area contributed by atoms with Crippen LogP contribution in [0.2, 0.25) is 10.0 Å². The molecule has 2 nitrogen and oxygen atoms in total. The van der Waals surface area contributed by atoms with Crippen LogP contribution in [0.1, 0.15) is 29.8 Å². The van der Waals surface area contributed by atoms with Gasteiger partial charge in [-0.05, 0) is 52.5 Å². The van der Waals surface area contributed by atoms with Crippen LogP contribution >= 0.6 is 50.5 Å². The molecule has 1 N–H and O–H groups in total. The fraction of sp³-hybridized carbons (Fsp3) is 0.333. The summed E-state index contributed by atoms with van der Waals surface area (Å²) in [5, 5.41) is 6.93. The fourth-order valence-corrected chi connectivity index (χ4v) is 4.41. The van der Waals surface area contributed by atoms with E-state index in [0.717, 1.165) is 38.7 Å². The third-order valence-electron chi connectivity index (χ3n) is 3.06. The molecular formula is C15H16BrCl2NOS. The maximum atomic E-state index is 6.32. The zero-order valence-electron chi connectivity index (χ0n) is 11.8. The van der Waals surface area contributed by atoms with Crippen molar-refractivity contribution < 1.29 is 4.74 Å². The molecule has 1 aromatic heterocycles. The van der Waals surface area contributed by atoms with Gasteiger partial charge in [-0.15, -0.1) is 11.3 Å². The first kappa shape index (κ1) is 17.1. The van der Waals surface area contributed by atoms with Gasteiger partial charge >= 0.3 is 0 Å². The number of hydrogen-bond acceptors (Lipinski definition) is 3. The minimum atomic E-state index is -0.0394. The first-order valence-electron chi connectivity index (χ1n) is 6.57. The summed E-state index contributed by atoms with van der Waals surface area (Å²) in [7, 11) is 1.66. The number of halogens is 3. The Balaban J connectivity index is 2.53. The lowest BCUT2D eigenvalue weighted by Crippen LogP contribution is -2.23. The Kier molecular flexibility index (Phi) is 6.38. The standard InChI is InChI=1S/C15H16BrCl2NOS/c1-3-5-19-13(15-12(18)4-6-21-15)10-7-9(17)8-11(16)14(10)20-2/h4,6-8,13,19H,3,5H2,1-2H3. The largest absolute Gasteiger partial charge is 0.495 e. The number of nitrogens with one attached hydrogen (secondary N) is 1. The Hall–Kier alpha value is -0.260. The first-order chi connectivity index (χ1) is 10.1. The van der Waals surface area contributed by atoms with Crippen molar-refractivity contribution in [3.63, 3.8) is 0 Å². The van der Waals surface area contributed by atoms with Crippen LogP contribution in [0.5, 0.6) is 5.75 Å². The van der Waals surface area contributed by atoms with E-state index in [1.54, 1.807) is 18.4 Å². The summed E-state index contributed by atoms with van der Waals surface area (Å²) >= 11 is 17.7. The predicted octanol–water partition coefficient (Wildman–Crippen LogP) is 5.92. The highest BCUT2D eigenvalue weighted by atomic mass is 79.9. The minimum absolute atomic E-state index is 0.0394. The second kappa shape index (κ2) is 7.84.